The number of aromatic nitrogens is 2. The summed E-state index contributed by atoms with van der Waals surface area (Å²) < 4.78 is 1.62. The number of hydrogen-bond acceptors (Lipinski definition) is 4. The lowest BCUT2D eigenvalue weighted by Gasteiger charge is -2.11. The van der Waals surface area contributed by atoms with Gasteiger partial charge >= 0.3 is 0 Å². The first kappa shape index (κ1) is 21.8. The van der Waals surface area contributed by atoms with E-state index in [0.29, 0.717) is 17.7 Å². The largest absolute Gasteiger partial charge is 0.347 e. The molecule has 3 amide bonds. The Labute approximate surface area is 180 Å². The molecule has 0 saturated heterocycles. The smallest absolute Gasteiger partial charge is 0.273 e. The van der Waals surface area contributed by atoms with E-state index in [4.69, 9.17) is 0 Å². The van der Waals surface area contributed by atoms with Crippen LogP contribution in [0.5, 0.6) is 0 Å². The predicted molar refractivity (Wildman–Crippen MR) is 117 cm³/mol. The molecule has 0 spiro atoms. The Morgan fingerprint density at radius 2 is 1.61 bits per heavy atom. The molecule has 3 aromatic rings. The standard InChI is InChI=1S/C23H25N5O3/c1-3-16(2)22(30)24-14-20(29)25-26-23(31)19-15-28(18-12-8-5-9-13-18)27-21(19)17-10-6-4-7-11-17/h4-13,15-16H,3,14H2,1-2H3,(H,24,30)(H,25,29)(H,26,31). The first-order valence-electron chi connectivity index (χ1n) is 10.1. The molecule has 0 saturated carbocycles. The molecule has 0 aliphatic heterocycles. The second kappa shape index (κ2) is 10.2. The lowest BCUT2D eigenvalue weighted by atomic mass is 10.1. The number of benzene rings is 2. The fourth-order valence-electron chi connectivity index (χ4n) is 2.83. The molecule has 3 N–H and O–H groups in total. The summed E-state index contributed by atoms with van der Waals surface area (Å²) >= 11 is 0. The maximum Gasteiger partial charge on any atom is 0.273 e. The van der Waals surface area contributed by atoms with E-state index in [1.54, 1.807) is 17.8 Å². The van der Waals surface area contributed by atoms with E-state index in [1.807, 2.05) is 67.6 Å². The van der Waals surface area contributed by atoms with Crippen LogP contribution in [0.25, 0.3) is 16.9 Å². The number of para-hydroxylation sites is 1. The van der Waals surface area contributed by atoms with Crippen molar-refractivity contribution < 1.29 is 14.4 Å². The summed E-state index contributed by atoms with van der Waals surface area (Å²) in [7, 11) is 0. The van der Waals surface area contributed by atoms with Crippen LogP contribution in [-0.2, 0) is 9.59 Å². The van der Waals surface area contributed by atoms with Gasteiger partial charge in [-0.2, -0.15) is 5.10 Å². The zero-order valence-electron chi connectivity index (χ0n) is 17.5. The van der Waals surface area contributed by atoms with Gasteiger partial charge in [0.05, 0.1) is 17.8 Å². The number of carbonyl (C=O) groups is 3. The van der Waals surface area contributed by atoms with Gasteiger partial charge in [-0.15, -0.1) is 0 Å². The van der Waals surface area contributed by atoms with E-state index < -0.39 is 11.8 Å². The summed E-state index contributed by atoms with van der Waals surface area (Å²) in [5.41, 5.74) is 7.09. The fraction of sp³-hybridized carbons (Fsp3) is 0.217. The number of nitrogens with zero attached hydrogens (tertiary/aromatic N) is 2. The SMILES string of the molecule is CCC(C)C(=O)NCC(=O)NNC(=O)c1cn(-c2ccccc2)nc1-c1ccccc1. The Balaban J connectivity index is 1.73. The molecule has 8 heteroatoms. The maximum absolute atomic E-state index is 12.8. The summed E-state index contributed by atoms with van der Waals surface area (Å²) in [6, 6.07) is 18.7. The van der Waals surface area contributed by atoms with E-state index in [2.05, 4.69) is 21.3 Å². The van der Waals surface area contributed by atoms with Gasteiger partial charge in [0.15, 0.2) is 0 Å². The molecule has 3 rings (SSSR count). The predicted octanol–water partition coefficient (Wildman–Crippen LogP) is 2.46. The molecule has 1 aromatic heterocycles. The van der Waals surface area contributed by atoms with Crippen molar-refractivity contribution in [2.75, 3.05) is 6.54 Å². The lowest BCUT2D eigenvalue weighted by Crippen LogP contribution is -2.47. The van der Waals surface area contributed by atoms with Crippen LogP contribution in [0, 0.1) is 5.92 Å². The van der Waals surface area contributed by atoms with Crippen LogP contribution in [0.3, 0.4) is 0 Å². The Bertz CT molecular complexity index is 1050. The molecule has 2 aromatic carbocycles. The maximum atomic E-state index is 12.8. The molecule has 1 heterocycles. The van der Waals surface area contributed by atoms with Gasteiger partial charge in [0.25, 0.3) is 11.8 Å². The number of carbonyl (C=O) groups excluding carboxylic acids is 3. The minimum absolute atomic E-state index is 0.181. The summed E-state index contributed by atoms with van der Waals surface area (Å²) in [5.74, 6) is -1.43. The molecule has 160 valence electrons. The van der Waals surface area contributed by atoms with Crippen molar-refractivity contribution in [2.24, 2.45) is 5.92 Å². The molecule has 0 fully saturated rings. The monoisotopic (exact) mass is 419 g/mol. The van der Waals surface area contributed by atoms with Gasteiger partial charge in [-0.3, -0.25) is 25.2 Å². The van der Waals surface area contributed by atoms with Gasteiger partial charge in [0.1, 0.15) is 5.69 Å². The molecule has 31 heavy (non-hydrogen) atoms. The van der Waals surface area contributed by atoms with E-state index in [1.165, 1.54) is 0 Å². The van der Waals surface area contributed by atoms with Crippen molar-refractivity contribution in [3.8, 4) is 16.9 Å². The quantitative estimate of drug-likeness (QED) is 0.512. The van der Waals surface area contributed by atoms with Crippen LogP contribution in [-0.4, -0.2) is 34.0 Å². The number of amides is 3. The summed E-state index contributed by atoms with van der Waals surface area (Å²) in [6.45, 7) is 3.45. The number of nitrogens with one attached hydrogen (secondary N) is 3. The van der Waals surface area contributed by atoms with Crippen molar-refractivity contribution in [1.29, 1.82) is 0 Å². The van der Waals surface area contributed by atoms with Gasteiger partial charge in [-0.1, -0.05) is 62.4 Å². The molecule has 1 unspecified atom stereocenters. The Morgan fingerprint density at radius 3 is 2.26 bits per heavy atom. The first-order chi connectivity index (χ1) is 15.0. The van der Waals surface area contributed by atoms with Crippen LogP contribution in [0.2, 0.25) is 0 Å². The highest BCUT2D eigenvalue weighted by Crippen LogP contribution is 2.23. The third kappa shape index (κ3) is 5.57. The highest BCUT2D eigenvalue weighted by atomic mass is 16.2. The fourth-order valence-corrected chi connectivity index (χ4v) is 2.83. The zero-order chi connectivity index (χ0) is 22.2. The summed E-state index contributed by atoms with van der Waals surface area (Å²) in [5, 5.41) is 7.11. The van der Waals surface area contributed by atoms with E-state index in [-0.39, 0.29) is 18.4 Å². The topological polar surface area (TPSA) is 105 Å². The van der Waals surface area contributed by atoms with E-state index in [0.717, 1.165) is 11.3 Å². The van der Waals surface area contributed by atoms with Gasteiger partial charge in [-0.25, -0.2) is 4.68 Å². The van der Waals surface area contributed by atoms with E-state index >= 15 is 0 Å². The van der Waals surface area contributed by atoms with Gasteiger partial charge in [0, 0.05) is 17.7 Å². The Morgan fingerprint density at radius 1 is 0.968 bits per heavy atom. The van der Waals surface area contributed by atoms with Crippen molar-refractivity contribution in [3.63, 3.8) is 0 Å². The molecule has 1 atom stereocenters. The van der Waals surface area contributed by atoms with Gasteiger partial charge in [0.2, 0.25) is 5.91 Å². The highest BCUT2D eigenvalue weighted by Gasteiger charge is 2.19. The number of rotatable bonds is 7. The van der Waals surface area contributed by atoms with Crippen LogP contribution < -0.4 is 16.2 Å². The number of hydrazine groups is 1. The second-order valence-electron chi connectivity index (χ2n) is 7.07. The van der Waals surface area contributed by atoms with Crippen molar-refractivity contribution in [1.82, 2.24) is 25.9 Å². The molecule has 0 aliphatic rings. The average molecular weight is 419 g/mol. The molecule has 8 nitrogen and oxygen atoms in total. The summed E-state index contributed by atoms with van der Waals surface area (Å²) in [6.07, 6.45) is 2.29. The Kier molecular flexibility index (Phi) is 7.16. The Hall–Kier alpha value is -3.94. The van der Waals surface area contributed by atoms with Crippen molar-refractivity contribution in [3.05, 3.63) is 72.4 Å². The minimum Gasteiger partial charge on any atom is -0.347 e. The first-order valence-corrected chi connectivity index (χ1v) is 10.1. The van der Waals surface area contributed by atoms with Crippen LogP contribution in [0.4, 0.5) is 0 Å². The minimum atomic E-state index is -0.526. The highest BCUT2D eigenvalue weighted by molar-refractivity contribution is 6.00. The van der Waals surface area contributed by atoms with E-state index in [9.17, 15) is 14.4 Å². The second-order valence-corrected chi connectivity index (χ2v) is 7.07. The van der Waals surface area contributed by atoms with Gasteiger partial charge in [-0.05, 0) is 18.6 Å². The third-order valence-electron chi connectivity index (χ3n) is 4.83. The molecular weight excluding hydrogens is 394 g/mol. The average Bonchev–Trinajstić information content (AvgIpc) is 3.27. The van der Waals surface area contributed by atoms with Gasteiger partial charge < -0.3 is 5.32 Å². The van der Waals surface area contributed by atoms with Crippen LogP contribution in [0.1, 0.15) is 30.6 Å². The lowest BCUT2D eigenvalue weighted by molar-refractivity contribution is -0.128. The third-order valence-corrected chi connectivity index (χ3v) is 4.83. The van der Waals surface area contributed by atoms with Crippen LogP contribution >= 0.6 is 0 Å². The molecular formula is C23H25N5O3. The van der Waals surface area contributed by atoms with Crippen LogP contribution in [0.15, 0.2) is 66.9 Å². The molecule has 0 radical (unpaired) electrons. The number of hydrogen-bond donors (Lipinski definition) is 3. The van der Waals surface area contributed by atoms with Crippen molar-refractivity contribution in [2.45, 2.75) is 20.3 Å². The molecule has 0 bridgehead atoms. The zero-order valence-corrected chi connectivity index (χ0v) is 17.5. The summed E-state index contributed by atoms with van der Waals surface area (Å²) in [4.78, 5) is 36.6. The normalized spacial score (nSPS) is 11.4. The molecule has 0 aliphatic carbocycles. The van der Waals surface area contributed by atoms with Crippen molar-refractivity contribution >= 4 is 17.7 Å².